The van der Waals surface area contributed by atoms with Crippen molar-refractivity contribution in [1.82, 2.24) is 0 Å². The number of carbonyl (C=O) groups excluding carboxylic acids is 2. The van der Waals surface area contributed by atoms with Crippen LogP contribution in [0.4, 0.5) is 10.1 Å². The summed E-state index contributed by atoms with van der Waals surface area (Å²) in [5.74, 6) is -0.720. The van der Waals surface area contributed by atoms with E-state index < -0.39 is 24.3 Å². The molecule has 0 aliphatic heterocycles. The van der Waals surface area contributed by atoms with Gasteiger partial charge in [-0.25, -0.2) is 9.18 Å². The molecule has 6 nitrogen and oxygen atoms in total. The van der Waals surface area contributed by atoms with Crippen LogP contribution in [0.5, 0.6) is 11.5 Å². The van der Waals surface area contributed by atoms with Crippen LogP contribution < -0.4 is 14.8 Å². The lowest BCUT2D eigenvalue weighted by Gasteiger charge is -2.12. The molecule has 0 aromatic heterocycles. The molecule has 0 bridgehead atoms. The molecule has 3 aromatic carbocycles. The number of halogens is 1. The Kier molecular flexibility index (Phi) is 7.38. The van der Waals surface area contributed by atoms with Gasteiger partial charge in [-0.2, -0.15) is 0 Å². The minimum absolute atomic E-state index is 0.191. The molecule has 0 radical (unpaired) electrons. The average molecular weight is 409 g/mol. The number of esters is 1. The van der Waals surface area contributed by atoms with E-state index in [0.717, 1.165) is 5.75 Å². The topological polar surface area (TPSA) is 73.9 Å². The minimum atomic E-state index is -0.705. The Morgan fingerprint density at radius 2 is 1.57 bits per heavy atom. The molecule has 3 rings (SSSR count). The molecule has 1 amide bonds. The third kappa shape index (κ3) is 6.34. The van der Waals surface area contributed by atoms with Gasteiger partial charge in [0, 0.05) is 5.69 Å². The first kappa shape index (κ1) is 20.9. The highest BCUT2D eigenvalue weighted by Crippen LogP contribution is 2.19. The summed E-state index contributed by atoms with van der Waals surface area (Å²) in [5, 5.41) is 2.46. The minimum Gasteiger partial charge on any atom is -0.490 e. The first-order chi connectivity index (χ1) is 14.6. The van der Waals surface area contributed by atoms with Crippen molar-refractivity contribution < 1.29 is 28.2 Å². The van der Waals surface area contributed by atoms with Gasteiger partial charge >= 0.3 is 5.97 Å². The van der Waals surface area contributed by atoms with Crippen molar-refractivity contribution in [2.45, 2.75) is 0 Å². The van der Waals surface area contributed by atoms with E-state index in [1.54, 1.807) is 24.3 Å². The highest BCUT2D eigenvalue weighted by molar-refractivity contribution is 5.96. The van der Waals surface area contributed by atoms with E-state index in [9.17, 15) is 14.0 Å². The zero-order valence-electron chi connectivity index (χ0n) is 16.0. The third-order valence-electron chi connectivity index (χ3n) is 3.90. The predicted octanol–water partition coefficient (Wildman–Crippen LogP) is 4.08. The number of nitrogens with one attached hydrogen (secondary N) is 1. The fourth-order valence-electron chi connectivity index (χ4n) is 2.56. The van der Waals surface area contributed by atoms with Gasteiger partial charge in [-0.15, -0.1) is 0 Å². The van der Waals surface area contributed by atoms with Crippen molar-refractivity contribution in [2.75, 3.05) is 25.1 Å². The van der Waals surface area contributed by atoms with Crippen LogP contribution in [0.3, 0.4) is 0 Å². The van der Waals surface area contributed by atoms with Crippen LogP contribution >= 0.6 is 0 Å². The summed E-state index contributed by atoms with van der Waals surface area (Å²) in [6.45, 7) is 0.00345. The Morgan fingerprint density at radius 3 is 2.37 bits per heavy atom. The molecule has 0 saturated carbocycles. The maximum absolute atomic E-state index is 13.2. The number of hydrogen-bond donors (Lipinski definition) is 1. The maximum Gasteiger partial charge on any atom is 0.342 e. The Labute approximate surface area is 173 Å². The second kappa shape index (κ2) is 10.6. The summed E-state index contributed by atoms with van der Waals surface area (Å²) in [6.07, 6.45) is 0. The molecule has 1 N–H and O–H groups in total. The quantitative estimate of drug-likeness (QED) is 0.426. The molecule has 0 heterocycles. The van der Waals surface area contributed by atoms with E-state index in [2.05, 4.69) is 5.32 Å². The van der Waals surface area contributed by atoms with Crippen molar-refractivity contribution in [3.8, 4) is 11.5 Å². The average Bonchev–Trinajstić information content (AvgIpc) is 2.76. The van der Waals surface area contributed by atoms with Crippen LogP contribution in [0.25, 0.3) is 0 Å². The Morgan fingerprint density at radius 1 is 0.833 bits per heavy atom. The van der Waals surface area contributed by atoms with Gasteiger partial charge in [-0.3, -0.25) is 4.79 Å². The number of benzene rings is 3. The number of carbonyl (C=O) groups is 2. The van der Waals surface area contributed by atoms with Gasteiger partial charge in [0.25, 0.3) is 5.91 Å². The Hall–Kier alpha value is -3.87. The van der Waals surface area contributed by atoms with Crippen molar-refractivity contribution in [3.05, 3.63) is 90.2 Å². The highest BCUT2D eigenvalue weighted by Gasteiger charge is 2.15. The molecule has 0 aliphatic rings. The summed E-state index contributed by atoms with van der Waals surface area (Å²) in [7, 11) is 0. The molecule has 0 aliphatic carbocycles. The molecule has 0 fully saturated rings. The zero-order chi connectivity index (χ0) is 21.2. The zero-order valence-corrected chi connectivity index (χ0v) is 16.0. The molecule has 0 saturated heterocycles. The van der Waals surface area contributed by atoms with Crippen molar-refractivity contribution >= 4 is 17.6 Å². The van der Waals surface area contributed by atoms with Crippen LogP contribution in [0.2, 0.25) is 0 Å². The van der Waals surface area contributed by atoms with Crippen molar-refractivity contribution in [3.63, 3.8) is 0 Å². The van der Waals surface area contributed by atoms with Gasteiger partial charge in [-0.05, 0) is 42.5 Å². The van der Waals surface area contributed by atoms with Gasteiger partial charge in [0.1, 0.15) is 36.1 Å². The van der Waals surface area contributed by atoms with E-state index in [4.69, 9.17) is 14.2 Å². The molecule has 0 unspecified atom stereocenters. The number of amides is 1. The van der Waals surface area contributed by atoms with Crippen LogP contribution in [0.15, 0.2) is 78.9 Å². The maximum atomic E-state index is 13.2. The summed E-state index contributed by atoms with van der Waals surface area (Å²) < 4.78 is 29.4. The van der Waals surface area contributed by atoms with Gasteiger partial charge < -0.3 is 19.5 Å². The van der Waals surface area contributed by atoms with E-state index in [1.165, 1.54) is 24.3 Å². The summed E-state index contributed by atoms with van der Waals surface area (Å²) in [5.41, 5.74) is 0.467. The van der Waals surface area contributed by atoms with E-state index >= 15 is 0 Å². The summed E-state index contributed by atoms with van der Waals surface area (Å²) in [6, 6.07) is 21.3. The first-order valence-corrected chi connectivity index (χ1v) is 9.24. The van der Waals surface area contributed by atoms with E-state index in [0.29, 0.717) is 12.4 Å². The number of para-hydroxylation sites is 2. The SMILES string of the molecule is O=C(COC(=O)c1ccccc1OCCOc1ccccc1)Nc1cccc(F)c1. The normalized spacial score (nSPS) is 10.2. The van der Waals surface area contributed by atoms with Gasteiger partial charge in [0.15, 0.2) is 6.61 Å². The van der Waals surface area contributed by atoms with Gasteiger partial charge in [0.05, 0.1) is 0 Å². The van der Waals surface area contributed by atoms with E-state index in [1.807, 2.05) is 30.3 Å². The van der Waals surface area contributed by atoms with Gasteiger partial charge in [-0.1, -0.05) is 36.4 Å². The lowest BCUT2D eigenvalue weighted by atomic mass is 10.2. The van der Waals surface area contributed by atoms with Gasteiger partial charge in [0.2, 0.25) is 0 Å². The molecular weight excluding hydrogens is 389 g/mol. The molecule has 0 atom stereocenters. The largest absolute Gasteiger partial charge is 0.490 e. The molecule has 154 valence electrons. The summed E-state index contributed by atoms with van der Waals surface area (Å²) >= 11 is 0. The van der Waals surface area contributed by atoms with Crippen LogP contribution in [0, 0.1) is 5.82 Å². The molecule has 0 spiro atoms. The fourth-order valence-corrected chi connectivity index (χ4v) is 2.56. The second-order valence-electron chi connectivity index (χ2n) is 6.14. The van der Waals surface area contributed by atoms with Crippen LogP contribution in [-0.4, -0.2) is 31.7 Å². The second-order valence-corrected chi connectivity index (χ2v) is 6.14. The molecule has 7 heteroatoms. The Bertz CT molecular complexity index is 994. The summed E-state index contributed by atoms with van der Waals surface area (Å²) in [4.78, 5) is 24.3. The van der Waals surface area contributed by atoms with Crippen LogP contribution in [-0.2, 0) is 9.53 Å². The monoisotopic (exact) mass is 409 g/mol. The fraction of sp³-hybridized carbons (Fsp3) is 0.130. The standard InChI is InChI=1S/C23H20FNO5/c24-17-7-6-8-18(15-17)25-22(26)16-30-23(27)20-11-4-5-12-21(20)29-14-13-28-19-9-2-1-3-10-19/h1-12,15H,13-14,16H2,(H,25,26). The number of rotatable bonds is 9. The first-order valence-electron chi connectivity index (χ1n) is 9.24. The highest BCUT2D eigenvalue weighted by atomic mass is 19.1. The van der Waals surface area contributed by atoms with E-state index in [-0.39, 0.29) is 17.9 Å². The molecule has 3 aromatic rings. The van der Waals surface area contributed by atoms with Crippen molar-refractivity contribution in [1.29, 1.82) is 0 Å². The Balaban J connectivity index is 1.49. The number of hydrogen-bond acceptors (Lipinski definition) is 5. The third-order valence-corrected chi connectivity index (χ3v) is 3.90. The van der Waals surface area contributed by atoms with Crippen LogP contribution in [0.1, 0.15) is 10.4 Å². The molecular formula is C23H20FNO5. The molecule has 30 heavy (non-hydrogen) atoms. The predicted molar refractivity (Wildman–Crippen MR) is 109 cm³/mol. The lowest BCUT2D eigenvalue weighted by molar-refractivity contribution is -0.119. The van der Waals surface area contributed by atoms with Crippen molar-refractivity contribution in [2.24, 2.45) is 0 Å². The number of ether oxygens (including phenoxy) is 3. The smallest absolute Gasteiger partial charge is 0.342 e. The number of anilines is 1. The lowest BCUT2D eigenvalue weighted by Crippen LogP contribution is -2.21.